The van der Waals surface area contributed by atoms with Crippen LogP contribution in [-0.4, -0.2) is 15.5 Å². The van der Waals surface area contributed by atoms with Crippen LogP contribution in [0.4, 0.5) is 10.3 Å². The van der Waals surface area contributed by atoms with E-state index in [4.69, 9.17) is 0 Å². The first-order valence-corrected chi connectivity index (χ1v) is 4.71. The summed E-state index contributed by atoms with van der Waals surface area (Å²) < 4.78 is 14.5. The number of hydrogen-bond acceptors (Lipinski definition) is 2. The summed E-state index contributed by atoms with van der Waals surface area (Å²) in [7, 11) is 1.76. The monoisotopic (exact) mass is 219 g/mol. The lowest BCUT2D eigenvalue weighted by Crippen LogP contribution is -2.15. The van der Waals surface area contributed by atoms with Crippen molar-refractivity contribution in [2.24, 2.45) is 7.05 Å². The van der Waals surface area contributed by atoms with Crippen LogP contribution < -0.4 is 5.32 Å². The van der Waals surface area contributed by atoms with E-state index in [0.29, 0.717) is 5.95 Å². The van der Waals surface area contributed by atoms with Gasteiger partial charge in [0.1, 0.15) is 5.82 Å². The average Bonchev–Trinajstić information content (AvgIpc) is 2.64. The van der Waals surface area contributed by atoms with Crippen LogP contribution in [0.25, 0.3) is 0 Å². The minimum Gasteiger partial charge on any atom is -0.320 e. The third kappa shape index (κ3) is 2.08. The Balaban J connectivity index is 2.18. The first-order valence-electron chi connectivity index (χ1n) is 4.71. The predicted molar refractivity (Wildman–Crippen MR) is 57.6 cm³/mol. The van der Waals surface area contributed by atoms with Gasteiger partial charge < -0.3 is 4.57 Å². The van der Waals surface area contributed by atoms with Crippen LogP contribution in [0.2, 0.25) is 0 Å². The van der Waals surface area contributed by atoms with Gasteiger partial charge in [0.05, 0.1) is 0 Å². The fraction of sp³-hybridized carbons (Fsp3) is 0.0909. The topological polar surface area (TPSA) is 46.9 Å². The van der Waals surface area contributed by atoms with Crippen molar-refractivity contribution in [2.75, 3.05) is 5.32 Å². The Morgan fingerprint density at radius 3 is 2.94 bits per heavy atom. The lowest BCUT2D eigenvalue weighted by Gasteiger charge is -2.04. The van der Waals surface area contributed by atoms with Crippen LogP contribution >= 0.6 is 0 Å². The Hall–Kier alpha value is -2.17. The molecule has 16 heavy (non-hydrogen) atoms. The van der Waals surface area contributed by atoms with Crippen molar-refractivity contribution >= 4 is 11.9 Å². The van der Waals surface area contributed by atoms with E-state index in [0.717, 1.165) is 0 Å². The molecule has 0 fully saturated rings. The Bertz CT molecular complexity index is 521. The number of rotatable bonds is 2. The average molecular weight is 219 g/mol. The molecule has 1 N–H and O–H groups in total. The van der Waals surface area contributed by atoms with Gasteiger partial charge >= 0.3 is 0 Å². The zero-order valence-electron chi connectivity index (χ0n) is 8.64. The highest BCUT2D eigenvalue weighted by Gasteiger charge is 2.08. The Morgan fingerprint density at radius 2 is 2.31 bits per heavy atom. The summed E-state index contributed by atoms with van der Waals surface area (Å²) in [5, 5.41) is 2.58. The van der Waals surface area contributed by atoms with E-state index in [2.05, 4.69) is 10.3 Å². The van der Waals surface area contributed by atoms with Gasteiger partial charge in [-0.1, -0.05) is 6.07 Å². The molecule has 1 aromatic carbocycles. The van der Waals surface area contributed by atoms with Crippen molar-refractivity contribution in [3.05, 3.63) is 48.0 Å². The normalized spacial score (nSPS) is 10.1. The molecular formula is C11H10FN3O. The number of imidazole rings is 1. The number of benzene rings is 1. The number of carbonyl (C=O) groups excluding carboxylic acids is 1. The maximum Gasteiger partial charge on any atom is 0.258 e. The molecular weight excluding hydrogens is 209 g/mol. The first-order chi connectivity index (χ1) is 7.66. The largest absolute Gasteiger partial charge is 0.320 e. The standard InChI is InChI=1S/C11H10FN3O/c1-15-6-5-13-11(15)14-10(16)8-3-2-4-9(12)7-8/h2-7H,1H3,(H,13,14,16). The third-order valence-corrected chi connectivity index (χ3v) is 2.13. The molecule has 0 radical (unpaired) electrons. The number of carbonyl (C=O) groups is 1. The summed E-state index contributed by atoms with van der Waals surface area (Å²) in [6.45, 7) is 0. The van der Waals surface area contributed by atoms with E-state index >= 15 is 0 Å². The maximum absolute atomic E-state index is 12.9. The number of hydrogen-bond donors (Lipinski definition) is 1. The summed E-state index contributed by atoms with van der Waals surface area (Å²) in [5.74, 6) is -0.393. The van der Waals surface area contributed by atoms with Crippen LogP contribution in [0.1, 0.15) is 10.4 Å². The molecule has 0 atom stereocenters. The summed E-state index contributed by atoms with van der Waals surface area (Å²) in [6, 6.07) is 5.50. The van der Waals surface area contributed by atoms with Gasteiger partial charge in [-0.15, -0.1) is 0 Å². The van der Waals surface area contributed by atoms with Crippen molar-refractivity contribution in [1.82, 2.24) is 9.55 Å². The molecule has 0 bridgehead atoms. The zero-order chi connectivity index (χ0) is 11.5. The van der Waals surface area contributed by atoms with Crippen molar-refractivity contribution in [1.29, 1.82) is 0 Å². The van der Waals surface area contributed by atoms with E-state index in [1.165, 1.54) is 18.2 Å². The third-order valence-electron chi connectivity index (χ3n) is 2.13. The van der Waals surface area contributed by atoms with E-state index in [9.17, 15) is 9.18 Å². The van der Waals surface area contributed by atoms with Crippen LogP contribution in [0.15, 0.2) is 36.7 Å². The second-order valence-electron chi connectivity index (χ2n) is 3.33. The number of anilines is 1. The summed E-state index contributed by atoms with van der Waals surface area (Å²) in [5.41, 5.74) is 0.267. The van der Waals surface area contributed by atoms with Gasteiger partial charge in [0.15, 0.2) is 0 Å². The Morgan fingerprint density at radius 1 is 1.50 bits per heavy atom. The second kappa shape index (κ2) is 4.14. The van der Waals surface area contributed by atoms with Crippen molar-refractivity contribution in [2.45, 2.75) is 0 Å². The molecule has 1 aromatic heterocycles. The summed E-state index contributed by atoms with van der Waals surface area (Å²) in [4.78, 5) is 15.6. The number of halogens is 1. The molecule has 4 nitrogen and oxygen atoms in total. The van der Waals surface area contributed by atoms with Gasteiger partial charge in [0.2, 0.25) is 5.95 Å². The lowest BCUT2D eigenvalue weighted by atomic mass is 10.2. The SMILES string of the molecule is Cn1ccnc1NC(=O)c1cccc(F)c1. The molecule has 0 aliphatic carbocycles. The summed E-state index contributed by atoms with van der Waals surface area (Å²) in [6.07, 6.45) is 3.28. The number of aryl methyl sites for hydroxylation is 1. The molecule has 0 saturated heterocycles. The molecule has 0 aliphatic rings. The van der Waals surface area contributed by atoms with Crippen LogP contribution in [0, 0.1) is 5.82 Å². The van der Waals surface area contributed by atoms with E-state index in [-0.39, 0.29) is 11.5 Å². The van der Waals surface area contributed by atoms with E-state index in [1.807, 2.05) is 0 Å². The van der Waals surface area contributed by atoms with Gasteiger partial charge in [-0.25, -0.2) is 9.37 Å². The van der Waals surface area contributed by atoms with Crippen LogP contribution in [-0.2, 0) is 7.05 Å². The smallest absolute Gasteiger partial charge is 0.258 e. The van der Waals surface area contributed by atoms with Gasteiger partial charge in [-0.2, -0.15) is 0 Å². The molecule has 2 aromatic rings. The minimum atomic E-state index is -0.438. The molecule has 5 heteroatoms. The number of amides is 1. The number of nitrogens with one attached hydrogen (secondary N) is 1. The van der Waals surface area contributed by atoms with Gasteiger partial charge in [0.25, 0.3) is 5.91 Å². The number of aromatic nitrogens is 2. The molecule has 0 unspecified atom stereocenters. The molecule has 1 amide bonds. The molecule has 82 valence electrons. The highest BCUT2D eigenvalue weighted by molar-refractivity contribution is 6.03. The second-order valence-corrected chi connectivity index (χ2v) is 3.33. The molecule has 2 rings (SSSR count). The Labute approximate surface area is 91.7 Å². The highest BCUT2D eigenvalue weighted by atomic mass is 19.1. The summed E-state index contributed by atoms with van der Waals surface area (Å²) >= 11 is 0. The first kappa shape index (κ1) is 10.4. The van der Waals surface area contributed by atoms with Gasteiger partial charge in [-0.3, -0.25) is 10.1 Å². The van der Waals surface area contributed by atoms with Crippen LogP contribution in [0.3, 0.4) is 0 Å². The van der Waals surface area contributed by atoms with E-state index in [1.54, 1.807) is 30.1 Å². The van der Waals surface area contributed by atoms with E-state index < -0.39 is 5.82 Å². The predicted octanol–water partition coefficient (Wildman–Crippen LogP) is 1.81. The van der Waals surface area contributed by atoms with Gasteiger partial charge in [0, 0.05) is 25.0 Å². The van der Waals surface area contributed by atoms with Crippen LogP contribution in [0.5, 0.6) is 0 Å². The molecule has 0 saturated carbocycles. The molecule has 0 aliphatic heterocycles. The highest BCUT2D eigenvalue weighted by Crippen LogP contribution is 2.07. The quantitative estimate of drug-likeness (QED) is 0.837. The molecule has 0 spiro atoms. The fourth-order valence-corrected chi connectivity index (χ4v) is 1.29. The number of nitrogens with zero attached hydrogens (tertiary/aromatic N) is 2. The zero-order valence-corrected chi connectivity index (χ0v) is 8.64. The fourth-order valence-electron chi connectivity index (χ4n) is 1.29. The minimum absolute atomic E-state index is 0.267. The van der Waals surface area contributed by atoms with Crippen molar-refractivity contribution < 1.29 is 9.18 Å². The lowest BCUT2D eigenvalue weighted by molar-refractivity contribution is 0.102. The molecule has 1 heterocycles. The van der Waals surface area contributed by atoms with Crippen molar-refractivity contribution in [3.63, 3.8) is 0 Å². The van der Waals surface area contributed by atoms with Crippen molar-refractivity contribution in [3.8, 4) is 0 Å². The maximum atomic E-state index is 12.9. The Kier molecular flexibility index (Phi) is 2.68. The van der Waals surface area contributed by atoms with Gasteiger partial charge in [-0.05, 0) is 18.2 Å².